The molecular weight excluding hydrogens is 222 g/mol. The molecule has 1 aromatic heterocycles. The lowest BCUT2D eigenvalue weighted by Crippen LogP contribution is -2.04. The molecule has 0 saturated heterocycles. The number of aromatic nitrogens is 2. The third-order valence-electron chi connectivity index (χ3n) is 2.13. The Balaban J connectivity index is 2.34. The molecule has 0 bridgehead atoms. The van der Waals surface area contributed by atoms with Crippen LogP contribution in [0.25, 0.3) is 11.5 Å². The van der Waals surface area contributed by atoms with E-state index in [0.717, 1.165) is 10.5 Å². The van der Waals surface area contributed by atoms with Crippen molar-refractivity contribution in [2.75, 3.05) is 13.3 Å². The zero-order valence-corrected chi connectivity index (χ0v) is 10.0. The van der Waals surface area contributed by atoms with Gasteiger partial charge in [0.25, 0.3) is 0 Å². The van der Waals surface area contributed by atoms with Crippen molar-refractivity contribution in [1.29, 1.82) is 0 Å². The average molecular weight is 235 g/mol. The van der Waals surface area contributed by atoms with Gasteiger partial charge in [-0.05, 0) is 25.4 Å². The molecule has 16 heavy (non-hydrogen) atoms. The Kier molecular flexibility index (Phi) is 3.58. The first-order chi connectivity index (χ1) is 7.85. The third-order valence-corrected chi connectivity index (χ3v) is 2.93. The van der Waals surface area contributed by atoms with E-state index in [2.05, 4.69) is 15.5 Å². The molecule has 0 unspecified atom stereocenters. The topological polar surface area (TPSA) is 51.0 Å². The minimum atomic E-state index is 0.579. The van der Waals surface area contributed by atoms with Crippen LogP contribution >= 0.6 is 11.8 Å². The third kappa shape index (κ3) is 2.25. The Morgan fingerprint density at radius 3 is 2.88 bits per heavy atom. The number of thioether (sulfide) groups is 1. The summed E-state index contributed by atoms with van der Waals surface area (Å²) in [6, 6.07) is 8.00. The highest BCUT2D eigenvalue weighted by atomic mass is 32.2. The maximum absolute atomic E-state index is 5.55. The van der Waals surface area contributed by atoms with Crippen LogP contribution in [-0.4, -0.2) is 23.5 Å². The minimum Gasteiger partial charge on any atom is -0.419 e. The van der Waals surface area contributed by atoms with Gasteiger partial charge in [0.15, 0.2) is 0 Å². The van der Waals surface area contributed by atoms with E-state index >= 15 is 0 Å². The van der Waals surface area contributed by atoms with E-state index in [0.29, 0.717) is 18.3 Å². The van der Waals surface area contributed by atoms with E-state index in [9.17, 15) is 0 Å². The molecule has 0 saturated carbocycles. The van der Waals surface area contributed by atoms with Crippen LogP contribution in [0.4, 0.5) is 0 Å². The fraction of sp³-hybridized carbons (Fsp3) is 0.273. The summed E-state index contributed by atoms with van der Waals surface area (Å²) in [5.41, 5.74) is 0.991. The van der Waals surface area contributed by atoms with Gasteiger partial charge in [-0.3, -0.25) is 0 Å². The van der Waals surface area contributed by atoms with E-state index in [1.165, 1.54) is 0 Å². The Morgan fingerprint density at radius 1 is 1.31 bits per heavy atom. The van der Waals surface area contributed by atoms with Gasteiger partial charge in [-0.1, -0.05) is 12.1 Å². The molecule has 0 fully saturated rings. The second kappa shape index (κ2) is 5.14. The summed E-state index contributed by atoms with van der Waals surface area (Å²) in [6.07, 6.45) is 2.03. The van der Waals surface area contributed by atoms with Gasteiger partial charge in [0.2, 0.25) is 11.8 Å². The van der Waals surface area contributed by atoms with E-state index in [1.54, 1.807) is 11.8 Å². The highest BCUT2D eigenvalue weighted by Crippen LogP contribution is 2.28. The van der Waals surface area contributed by atoms with Crippen LogP contribution in [0.3, 0.4) is 0 Å². The van der Waals surface area contributed by atoms with Crippen molar-refractivity contribution in [2.45, 2.75) is 11.4 Å². The molecule has 0 radical (unpaired) electrons. The van der Waals surface area contributed by atoms with Crippen molar-refractivity contribution < 1.29 is 4.42 Å². The van der Waals surface area contributed by atoms with Gasteiger partial charge in [0.1, 0.15) is 0 Å². The summed E-state index contributed by atoms with van der Waals surface area (Å²) in [7, 11) is 1.85. The van der Waals surface area contributed by atoms with Gasteiger partial charge in [0, 0.05) is 4.90 Å². The quantitative estimate of drug-likeness (QED) is 0.823. The highest BCUT2D eigenvalue weighted by molar-refractivity contribution is 7.98. The molecule has 0 aliphatic heterocycles. The lowest BCUT2D eigenvalue weighted by Gasteiger charge is -2.01. The van der Waals surface area contributed by atoms with Crippen molar-refractivity contribution in [1.82, 2.24) is 15.5 Å². The summed E-state index contributed by atoms with van der Waals surface area (Å²) in [5.74, 6) is 1.18. The van der Waals surface area contributed by atoms with E-state index < -0.39 is 0 Å². The van der Waals surface area contributed by atoms with E-state index in [4.69, 9.17) is 4.42 Å². The normalized spacial score (nSPS) is 10.6. The molecule has 0 spiro atoms. The summed E-state index contributed by atoms with van der Waals surface area (Å²) in [4.78, 5) is 1.14. The lowest BCUT2D eigenvalue weighted by molar-refractivity contribution is 0.489. The number of hydrogen-bond donors (Lipinski definition) is 1. The minimum absolute atomic E-state index is 0.579. The zero-order valence-electron chi connectivity index (χ0n) is 9.23. The van der Waals surface area contributed by atoms with Crippen LogP contribution in [-0.2, 0) is 6.54 Å². The fourth-order valence-corrected chi connectivity index (χ4v) is 2.00. The zero-order chi connectivity index (χ0) is 11.4. The standard InChI is InChI=1S/C11H13N3OS/c1-12-7-10-13-14-11(15-10)8-5-3-4-6-9(8)16-2/h3-6,12H,7H2,1-2H3. The van der Waals surface area contributed by atoms with Gasteiger partial charge in [-0.25, -0.2) is 0 Å². The number of nitrogens with one attached hydrogen (secondary N) is 1. The van der Waals surface area contributed by atoms with Crippen LogP contribution in [0.5, 0.6) is 0 Å². The van der Waals surface area contributed by atoms with Crippen LogP contribution in [0.15, 0.2) is 33.6 Å². The Labute approximate surface area is 98.5 Å². The number of hydrogen-bond acceptors (Lipinski definition) is 5. The molecule has 0 atom stereocenters. The van der Waals surface area contributed by atoms with E-state index in [1.807, 2.05) is 37.6 Å². The maximum atomic E-state index is 5.55. The molecule has 1 aromatic carbocycles. The summed E-state index contributed by atoms with van der Waals surface area (Å²) < 4.78 is 5.55. The Bertz CT molecular complexity index is 470. The van der Waals surface area contributed by atoms with Crippen molar-refractivity contribution in [3.05, 3.63) is 30.2 Å². The van der Waals surface area contributed by atoms with Crippen molar-refractivity contribution >= 4 is 11.8 Å². The summed E-state index contributed by atoms with van der Waals surface area (Å²) >= 11 is 1.67. The molecular formula is C11H13N3OS. The summed E-state index contributed by atoms with van der Waals surface area (Å²) in [6.45, 7) is 0.592. The Morgan fingerprint density at radius 2 is 2.12 bits per heavy atom. The molecule has 84 valence electrons. The summed E-state index contributed by atoms with van der Waals surface area (Å²) in [5, 5.41) is 11.0. The molecule has 1 heterocycles. The molecule has 2 aromatic rings. The van der Waals surface area contributed by atoms with Crippen LogP contribution < -0.4 is 5.32 Å². The van der Waals surface area contributed by atoms with Crippen molar-refractivity contribution in [2.24, 2.45) is 0 Å². The van der Waals surface area contributed by atoms with Gasteiger partial charge >= 0.3 is 0 Å². The number of benzene rings is 1. The molecule has 2 rings (SSSR count). The predicted molar refractivity (Wildman–Crippen MR) is 64.3 cm³/mol. The smallest absolute Gasteiger partial charge is 0.248 e. The van der Waals surface area contributed by atoms with Crippen LogP contribution in [0, 0.1) is 0 Å². The molecule has 1 N–H and O–H groups in total. The molecule has 0 aliphatic rings. The van der Waals surface area contributed by atoms with Gasteiger partial charge < -0.3 is 9.73 Å². The average Bonchev–Trinajstić information content (AvgIpc) is 2.78. The molecule has 5 heteroatoms. The molecule has 0 aliphatic carbocycles. The van der Waals surface area contributed by atoms with Crippen LogP contribution in [0.1, 0.15) is 5.89 Å². The monoisotopic (exact) mass is 235 g/mol. The fourth-order valence-electron chi connectivity index (χ4n) is 1.41. The second-order valence-electron chi connectivity index (χ2n) is 3.23. The van der Waals surface area contributed by atoms with Gasteiger partial charge in [0.05, 0.1) is 12.1 Å². The SMILES string of the molecule is CNCc1nnc(-c2ccccc2SC)o1. The first kappa shape index (κ1) is 11.2. The largest absolute Gasteiger partial charge is 0.419 e. The van der Waals surface area contributed by atoms with E-state index in [-0.39, 0.29) is 0 Å². The first-order valence-corrected chi connectivity index (χ1v) is 6.18. The predicted octanol–water partition coefficient (Wildman–Crippen LogP) is 2.18. The maximum Gasteiger partial charge on any atom is 0.248 e. The van der Waals surface area contributed by atoms with Gasteiger partial charge in [-0.2, -0.15) is 0 Å². The van der Waals surface area contributed by atoms with Crippen molar-refractivity contribution in [3.63, 3.8) is 0 Å². The molecule has 4 nitrogen and oxygen atoms in total. The highest BCUT2D eigenvalue weighted by Gasteiger charge is 2.11. The number of rotatable bonds is 4. The van der Waals surface area contributed by atoms with Crippen molar-refractivity contribution in [3.8, 4) is 11.5 Å². The first-order valence-electron chi connectivity index (χ1n) is 4.95. The lowest BCUT2D eigenvalue weighted by atomic mass is 10.2. The second-order valence-corrected chi connectivity index (χ2v) is 4.08. The van der Waals surface area contributed by atoms with Gasteiger partial charge in [-0.15, -0.1) is 22.0 Å². The number of nitrogens with zero attached hydrogens (tertiary/aromatic N) is 2. The Hall–Kier alpha value is -1.33. The molecule has 0 amide bonds. The van der Waals surface area contributed by atoms with Crippen LogP contribution in [0.2, 0.25) is 0 Å².